The van der Waals surface area contributed by atoms with E-state index < -0.39 is 0 Å². The maximum absolute atomic E-state index is 12.6. The first kappa shape index (κ1) is 12.8. The monoisotopic (exact) mass is 284 g/mol. The summed E-state index contributed by atoms with van der Waals surface area (Å²) in [5, 5.41) is 3.54. The molecule has 1 N–H and O–H groups in total. The second-order valence-electron chi connectivity index (χ2n) is 4.48. The van der Waals surface area contributed by atoms with Gasteiger partial charge in [-0.15, -0.1) is 0 Å². The molecule has 1 heterocycles. The van der Waals surface area contributed by atoms with Crippen LogP contribution in [0.5, 0.6) is 0 Å². The van der Waals surface area contributed by atoms with Crippen LogP contribution < -0.4 is 10.2 Å². The predicted octanol–water partition coefficient (Wildman–Crippen LogP) is 3.58. The number of para-hydroxylation sites is 1. The Morgan fingerprint density at radius 3 is 2.70 bits per heavy atom. The van der Waals surface area contributed by atoms with Crippen molar-refractivity contribution < 1.29 is 4.79 Å². The second kappa shape index (κ2) is 5.02. The number of hydrogen-bond acceptors (Lipinski definition) is 2. The highest BCUT2D eigenvalue weighted by molar-refractivity contribution is 6.35. The zero-order valence-corrected chi connectivity index (χ0v) is 11.7. The van der Waals surface area contributed by atoms with E-state index in [9.17, 15) is 4.79 Å². The Labute approximate surface area is 122 Å². The number of halogens is 1. The van der Waals surface area contributed by atoms with Gasteiger partial charge in [0.1, 0.15) is 0 Å². The normalized spacial score (nSPS) is 15.6. The highest BCUT2D eigenvalue weighted by Gasteiger charge is 2.33. The number of carbonyl (C=O) groups excluding carboxylic acids is 1. The molecule has 0 saturated carbocycles. The summed E-state index contributed by atoms with van der Waals surface area (Å²) in [7, 11) is 1.78. The first-order valence-corrected chi connectivity index (χ1v) is 6.67. The first-order valence-electron chi connectivity index (χ1n) is 6.29. The van der Waals surface area contributed by atoms with Crippen LogP contribution in [-0.4, -0.2) is 13.0 Å². The van der Waals surface area contributed by atoms with Crippen LogP contribution in [0.15, 0.2) is 54.7 Å². The molecule has 20 heavy (non-hydrogen) atoms. The lowest BCUT2D eigenvalue weighted by Gasteiger charge is -2.17. The van der Waals surface area contributed by atoms with Crippen molar-refractivity contribution in [2.24, 2.45) is 0 Å². The average molecular weight is 285 g/mol. The Kier molecular flexibility index (Phi) is 3.20. The Morgan fingerprint density at radius 1 is 1.15 bits per heavy atom. The van der Waals surface area contributed by atoms with Crippen molar-refractivity contribution in [1.29, 1.82) is 0 Å². The number of hydrogen-bond donors (Lipinski definition) is 1. The number of benzene rings is 2. The molecule has 3 nitrogen and oxygen atoms in total. The molecule has 1 aliphatic heterocycles. The van der Waals surface area contributed by atoms with Gasteiger partial charge in [0.05, 0.1) is 16.9 Å². The Bertz CT molecular complexity index is 709. The molecule has 100 valence electrons. The average Bonchev–Trinajstić information content (AvgIpc) is 2.72. The number of amides is 1. The minimum absolute atomic E-state index is 0.0529. The Balaban J connectivity index is 2.18. The molecule has 2 aromatic rings. The van der Waals surface area contributed by atoms with Gasteiger partial charge >= 0.3 is 0 Å². The molecule has 3 rings (SSSR count). The molecular weight excluding hydrogens is 272 g/mol. The molecule has 1 amide bonds. The summed E-state index contributed by atoms with van der Waals surface area (Å²) in [6.45, 7) is 0. The largest absolute Gasteiger partial charge is 0.393 e. The van der Waals surface area contributed by atoms with Gasteiger partial charge in [-0.1, -0.05) is 35.9 Å². The molecule has 0 aliphatic carbocycles. The minimum atomic E-state index is -0.0529. The van der Waals surface area contributed by atoms with Gasteiger partial charge in [-0.3, -0.25) is 9.69 Å². The zero-order chi connectivity index (χ0) is 14.1. The summed E-state index contributed by atoms with van der Waals surface area (Å²) in [4.78, 5) is 14.3. The summed E-state index contributed by atoms with van der Waals surface area (Å²) >= 11 is 6.03. The number of rotatable bonds is 2. The maximum Gasteiger partial charge on any atom is 0.265 e. The van der Waals surface area contributed by atoms with E-state index in [2.05, 4.69) is 5.32 Å². The third-order valence-electron chi connectivity index (χ3n) is 3.22. The summed E-state index contributed by atoms with van der Waals surface area (Å²) in [5.41, 5.74) is 3.23. The van der Waals surface area contributed by atoms with E-state index in [1.165, 1.54) is 0 Å². The minimum Gasteiger partial charge on any atom is -0.393 e. The lowest BCUT2D eigenvalue weighted by molar-refractivity contribution is -0.112. The summed E-state index contributed by atoms with van der Waals surface area (Å²) in [5.74, 6) is -0.0529. The molecule has 0 aromatic heterocycles. The molecule has 0 atom stereocenters. The van der Waals surface area contributed by atoms with Crippen molar-refractivity contribution in [3.05, 3.63) is 65.3 Å². The molecule has 0 radical (unpaired) electrons. The number of nitrogens with one attached hydrogen (secondary N) is 1. The smallest absolute Gasteiger partial charge is 0.265 e. The highest BCUT2D eigenvalue weighted by atomic mass is 35.5. The molecule has 0 saturated heterocycles. The highest BCUT2D eigenvalue weighted by Crippen LogP contribution is 2.41. The van der Waals surface area contributed by atoms with Gasteiger partial charge < -0.3 is 5.32 Å². The fourth-order valence-corrected chi connectivity index (χ4v) is 2.58. The zero-order valence-electron chi connectivity index (χ0n) is 10.9. The quantitative estimate of drug-likeness (QED) is 0.855. The van der Waals surface area contributed by atoms with Gasteiger partial charge in [-0.2, -0.15) is 0 Å². The molecule has 4 heteroatoms. The maximum atomic E-state index is 12.6. The van der Waals surface area contributed by atoms with Gasteiger partial charge in [0.15, 0.2) is 0 Å². The summed E-state index contributed by atoms with van der Waals surface area (Å²) in [6, 6.07) is 15.0. The van der Waals surface area contributed by atoms with E-state index >= 15 is 0 Å². The number of fused-ring (bicyclic) bond motifs is 1. The predicted molar refractivity (Wildman–Crippen MR) is 82.1 cm³/mol. The van der Waals surface area contributed by atoms with Gasteiger partial charge in [0.25, 0.3) is 5.91 Å². The van der Waals surface area contributed by atoms with Crippen LogP contribution in [0.4, 0.5) is 11.4 Å². The first-order chi connectivity index (χ1) is 9.72. The van der Waals surface area contributed by atoms with E-state index in [-0.39, 0.29) is 5.91 Å². The standard InChI is InChI=1S/C16H13ClN2O/c1-18-10-14-13-7-2-3-8-15(13)19(16(14)20)12-6-4-5-11(17)9-12/h2-10,18H,1H3. The van der Waals surface area contributed by atoms with Crippen LogP contribution in [0.2, 0.25) is 5.02 Å². The van der Waals surface area contributed by atoms with Crippen molar-refractivity contribution in [2.45, 2.75) is 0 Å². The van der Waals surface area contributed by atoms with Crippen molar-refractivity contribution in [1.82, 2.24) is 5.32 Å². The SMILES string of the molecule is CNC=C1C(=O)N(c2cccc(Cl)c2)c2ccccc21. The number of nitrogens with zero attached hydrogens (tertiary/aromatic N) is 1. The van der Waals surface area contributed by atoms with Gasteiger partial charge in [-0.25, -0.2) is 0 Å². The second-order valence-corrected chi connectivity index (χ2v) is 4.92. The third-order valence-corrected chi connectivity index (χ3v) is 3.46. The van der Waals surface area contributed by atoms with Crippen molar-refractivity contribution >= 4 is 34.5 Å². The van der Waals surface area contributed by atoms with Crippen LogP contribution in [0.25, 0.3) is 5.57 Å². The van der Waals surface area contributed by atoms with Gasteiger partial charge in [0, 0.05) is 23.8 Å². The topological polar surface area (TPSA) is 32.3 Å². The molecule has 2 aromatic carbocycles. The van der Waals surface area contributed by atoms with E-state index in [1.54, 1.807) is 30.3 Å². The van der Waals surface area contributed by atoms with Crippen LogP contribution in [0.3, 0.4) is 0 Å². The van der Waals surface area contributed by atoms with Gasteiger partial charge in [0.2, 0.25) is 0 Å². The molecule has 1 aliphatic rings. The number of anilines is 2. The van der Waals surface area contributed by atoms with Crippen LogP contribution in [0, 0.1) is 0 Å². The summed E-state index contributed by atoms with van der Waals surface area (Å²) < 4.78 is 0. The van der Waals surface area contributed by atoms with E-state index in [1.807, 2.05) is 36.4 Å². The molecule has 0 unspecified atom stereocenters. The fourth-order valence-electron chi connectivity index (χ4n) is 2.40. The number of carbonyl (C=O) groups is 1. The Hall–Kier alpha value is -2.26. The van der Waals surface area contributed by atoms with E-state index in [4.69, 9.17) is 11.6 Å². The van der Waals surface area contributed by atoms with Crippen LogP contribution >= 0.6 is 11.6 Å². The molecular formula is C16H13ClN2O. The van der Waals surface area contributed by atoms with Crippen LogP contribution in [-0.2, 0) is 4.79 Å². The fraction of sp³-hybridized carbons (Fsp3) is 0.0625. The molecule has 0 bridgehead atoms. The third kappa shape index (κ3) is 1.96. The van der Waals surface area contributed by atoms with Crippen LogP contribution in [0.1, 0.15) is 5.56 Å². The van der Waals surface area contributed by atoms with Crippen molar-refractivity contribution in [3.63, 3.8) is 0 Å². The van der Waals surface area contributed by atoms with Gasteiger partial charge in [-0.05, 0) is 24.3 Å². The van der Waals surface area contributed by atoms with E-state index in [0.717, 1.165) is 16.9 Å². The lowest BCUT2D eigenvalue weighted by atomic mass is 10.1. The van der Waals surface area contributed by atoms with E-state index in [0.29, 0.717) is 10.6 Å². The summed E-state index contributed by atoms with van der Waals surface area (Å²) in [6.07, 6.45) is 1.73. The molecule has 0 spiro atoms. The van der Waals surface area contributed by atoms with Crippen molar-refractivity contribution in [3.8, 4) is 0 Å². The molecule has 0 fully saturated rings. The Morgan fingerprint density at radius 2 is 1.95 bits per heavy atom. The van der Waals surface area contributed by atoms with Crippen molar-refractivity contribution in [2.75, 3.05) is 11.9 Å². The lowest BCUT2D eigenvalue weighted by Crippen LogP contribution is -2.20.